The quantitative estimate of drug-likeness (QED) is 0.551. The Hall–Kier alpha value is 0.360. The number of alkyl halides is 1. The summed E-state index contributed by atoms with van der Waals surface area (Å²) in [6, 6.07) is 0. The summed E-state index contributed by atoms with van der Waals surface area (Å²) < 4.78 is 5.45. The van der Waals surface area contributed by atoms with Crippen molar-refractivity contribution in [1.82, 2.24) is 4.90 Å². The van der Waals surface area contributed by atoms with Crippen molar-refractivity contribution in [2.75, 3.05) is 45.3 Å². The van der Waals surface area contributed by atoms with E-state index in [-0.39, 0.29) is 0 Å². The first-order chi connectivity index (χ1) is 8.22. The fraction of sp³-hybridized carbons (Fsp3) is 1.00. The molecular formula is C13H26BrNO2. The van der Waals surface area contributed by atoms with Gasteiger partial charge in [-0.3, -0.25) is 0 Å². The second kappa shape index (κ2) is 8.46. The van der Waals surface area contributed by atoms with E-state index in [1.807, 2.05) is 0 Å². The molecule has 0 bridgehead atoms. The van der Waals surface area contributed by atoms with E-state index in [9.17, 15) is 0 Å². The lowest BCUT2D eigenvalue weighted by Gasteiger charge is -2.38. The summed E-state index contributed by atoms with van der Waals surface area (Å²) in [7, 11) is 2.21. The van der Waals surface area contributed by atoms with Crippen LogP contribution < -0.4 is 0 Å². The largest absolute Gasteiger partial charge is 0.396 e. The van der Waals surface area contributed by atoms with Crippen molar-refractivity contribution < 1.29 is 9.84 Å². The highest BCUT2D eigenvalue weighted by Gasteiger charge is 2.32. The van der Waals surface area contributed by atoms with E-state index >= 15 is 0 Å². The molecule has 1 N–H and O–H groups in total. The zero-order valence-corrected chi connectivity index (χ0v) is 12.5. The van der Waals surface area contributed by atoms with Gasteiger partial charge >= 0.3 is 0 Å². The first kappa shape index (κ1) is 15.4. The molecule has 0 atom stereocenters. The summed E-state index contributed by atoms with van der Waals surface area (Å²) >= 11 is 3.67. The fourth-order valence-electron chi connectivity index (χ4n) is 2.46. The highest BCUT2D eigenvalue weighted by molar-refractivity contribution is 9.09. The molecule has 1 rings (SSSR count). The zero-order valence-electron chi connectivity index (χ0n) is 11.0. The second-order valence-electron chi connectivity index (χ2n) is 5.27. The van der Waals surface area contributed by atoms with Crippen molar-refractivity contribution >= 4 is 15.9 Å². The monoisotopic (exact) mass is 307 g/mol. The summed E-state index contributed by atoms with van der Waals surface area (Å²) in [6.07, 6.45) is 5.58. The third kappa shape index (κ3) is 5.69. The van der Waals surface area contributed by atoms with Crippen LogP contribution in [0.1, 0.15) is 32.1 Å². The van der Waals surface area contributed by atoms with Crippen LogP contribution in [0.2, 0.25) is 0 Å². The molecule has 4 heteroatoms. The number of aliphatic hydroxyl groups is 1. The van der Waals surface area contributed by atoms with Gasteiger partial charge in [0.05, 0.1) is 0 Å². The van der Waals surface area contributed by atoms with Crippen LogP contribution in [-0.4, -0.2) is 55.3 Å². The lowest BCUT2D eigenvalue weighted by molar-refractivity contribution is 0.0118. The summed E-state index contributed by atoms with van der Waals surface area (Å²) in [5.74, 6) is 0. The lowest BCUT2D eigenvalue weighted by Crippen LogP contribution is -2.41. The summed E-state index contributed by atoms with van der Waals surface area (Å²) in [5, 5.41) is 9.81. The number of ether oxygens (including phenoxy) is 1. The van der Waals surface area contributed by atoms with Gasteiger partial charge in [-0.15, -0.1) is 0 Å². The van der Waals surface area contributed by atoms with E-state index < -0.39 is 0 Å². The maximum atomic E-state index is 8.74. The predicted octanol–water partition coefficient (Wildman–Crippen LogP) is 2.27. The van der Waals surface area contributed by atoms with Gasteiger partial charge in [0.25, 0.3) is 0 Å². The minimum Gasteiger partial charge on any atom is -0.396 e. The third-order valence-electron chi connectivity index (χ3n) is 3.64. The number of unbranched alkanes of at least 4 members (excludes halogenated alkanes) is 2. The standard InChI is InChI=1S/C13H26BrNO2/c1-15(7-3-2-4-8-16)12-13(11-14)5-9-17-10-6-13/h16H,2-12H2,1H3. The molecule has 0 spiro atoms. The van der Waals surface area contributed by atoms with Gasteiger partial charge in [0.2, 0.25) is 0 Å². The van der Waals surface area contributed by atoms with Gasteiger partial charge < -0.3 is 14.7 Å². The van der Waals surface area contributed by atoms with Crippen LogP contribution in [0.5, 0.6) is 0 Å². The SMILES string of the molecule is CN(CCCCCO)CC1(CBr)CCOCC1. The van der Waals surface area contributed by atoms with Crippen molar-refractivity contribution in [3.8, 4) is 0 Å². The van der Waals surface area contributed by atoms with Crippen molar-refractivity contribution in [3.63, 3.8) is 0 Å². The topological polar surface area (TPSA) is 32.7 Å². The van der Waals surface area contributed by atoms with Gasteiger partial charge in [0.15, 0.2) is 0 Å². The Kier molecular flexibility index (Phi) is 7.67. The Morgan fingerprint density at radius 3 is 2.53 bits per heavy atom. The molecule has 1 aliphatic heterocycles. The molecule has 1 fully saturated rings. The van der Waals surface area contributed by atoms with Crippen LogP contribution in [0.25, 0.3) is 0 Å². The molecule has 0 aromatic carbocycles. The molecule has 0 amide bonds. The molecule has 1 heterocycles. The molecular weight excluding hydrogens is 282 g/mol. The number of rotatable bonds is 8. The van der Waals surface area contributed by atoms with Crippen LogP contribution in [0.15, 0.2) is 0 Å². The first-order valence-corrected chi connectivity index (χ1v) is 7.78. The summed E-state index contributed by atoms with van der Waals surface area (Å²) in [6.45, 7) is 4.43. The molecule has 3 nitrogen and oxygen atoms in total. The Balaban J connectivity index is 2.24. The average molecular weight is 308 g/mol. The minimum atomic E-state index is 0.326. The van der Waals surface area contributed by atoms with Crippen molar-refractivity contribution in [3.05, 3.63) is 0 Å². The summed E-state index contributed by atoms with van der Waals surface area (Å²) in [4.78, 5) is 2.43. The van der Waals surface area contributed by atoms with Gasteiger partial charge in [-0.2, -0.15) is 0 Å². The maximum Gasteiger partial charge on any atom is 0.0472 e. The Morgan fingerprint density at radius 2 is 1.94 bits per heavy atom. The minimum absolute atomic E-state index is 0.326. The number of hydrogen-bond acceptors (Lipinski definition) is 3. The molecule has 0 unspecified atom stereocenters. The van der Waals surface area contributed by atoms with Gasteiger partial charge in [-0.05, 0) is 51.1 Å². The predicted molar refractivity (Wildman–Crippen MR) is 74.7 cm³/mol. The Bertz CT molecular complexity index is 196. The highest BCUT2D eigenvalue weighted by Crippen LogP contribution is 2.33. The Labute approximate surface area is 114 Å². The van der Waals surface area contributed by atoms with Gasteiger partial charge in [-0.1, -0.05) is 15.9 Å². The van der Waals surface area contributed by atoms with E-state index in [0.29, 0.717) is 12.0 Å². The number of nitrogens with zero attached hydrogens (tertiary/aromatic N) is 1. The summed E-state index contributed by atoms with van der Waals surface area (Å²) in [5.41, 5.74) is 0.407. The van der Waals surface area contributed by atoms with Gasteiger partial charge in [0, 0.05) is 31.7 Å². The lowest BCUT2D eigenvalue weighted by atomic mass is 9.82. The van der Waals surface area contributed by atoms with Crippen LogP contribution >= 0.6 is 15.9 Å². The second-order valence-corrected chi connectivity index (χ2v) is 5.83. The van der Waals surface area contributed by atoms with E-state index in [0.717, 1.165) is 44.5 Å². The number of halogens is 1. The first-order valence-electron chi connectivity index (χ1n) is 6.65. The normalized spacial score (nSPS) is 19.8. The van der Waals surface area contributed by atoms with E-state index in [2.05, 4.69) is 27.9 Å². The molecule has 0 aromatic rings. The molecule has 0 saturated carbocycles. The van der Waals surface area contributed by atoms with E-state index in [1.165, 1.54) is 19.3 Å². The van der Waals surface area contributed by atoms with Crippen molar-refractivity contribution in [2.45, 2.75) is 32.1 Å². The average Bonchev–Trinajstić information content (AvgIpc) is 2.36. The van der Waals surface area contributed by atoms with Gasteiger partial charge in [0.1, 0.15) is 0 Å². The molecule has 0 aliphatic carbocycles. The van der Waals surface area contributed by atoms with Crippen LogP contribution in [0.3, 0.4) is 0 Å². The van der Waals surface area contributed by atoms with Crippen molar-refractivity contribution in [1.29, 1.82) is 0 Å². The number of aliphatic hydroxyl groups excluding tert-OH is 1. The van der Waals surface area contributed by atoms with Crippen LogP contribution in [0, 0.1) is 5.41 Å². The third-order valence-corrected chi connectivity index (χ3v) is 4.83. The Morgan fingerprint density at radius 1 is 1.24 bits per heavy atom. The van der Waals surface area contributed by atoms with Crippen LogP contribution in [0.4, 0.5) is 0 Å². The molecule has 0 radical (unpaired) electrons. The number of hydrogen-bond donors (Lipinski definition) is 1. The molecule has 1 aliphatic rings. The van der Waals surface area contributed by atoms with Crippen molar-refractivity contribution in [2.24, 2.45) is 5.41 Å². The van der Waals surface area contributed by atoms with Gasteiger partial charge in [-0.25, -0.2) is 0 Å². The smallest absolute Gasteiger partial charge is 0.0472 e. The molecule has 1 saturated heterocycles. The van der Waals surface area contributed by atoms with Crippen LogP contribution in [-0.2, 0) is 4.74 Å². The van der Waals surface area contributed by atoms with E-state index in [4.69, 9.17) is 9.84 Å². The van der Waals surface area contributed by atoms with E-state index in [1.54, 1.807) is 0 Å². The zero-order chi connectivity index (χ0) is 12.6. The molecule has 0 aromatic heterocycles. The maximum absolute atomic E-state index is 8.74. The fourth-order valence-corrected chi connectivity index (χ4v) is 3.20. The highest BCUT2D eigenvalue weighted by atomic mass is 79.9. The molecule has 17 heavy (non-hydrogen) atoms. The molecule has 102 valence electrons.